The molecule has 0 atom stereocenters. The van der Waals surface area contributed by atoms with Crippen molar-refractivity contribution in [3.05, 3.63) is 77.9 Å². The molecule has 2 N–H and O–H groups in total. The summed E-state index contributed by atoms with van der Waals surface area (Å²) in [5.41, 5.74) is 6.46. The summed E-state index contributed by atoms with van der Waals surface area (Å²) in [6, 6.07) is 19.1. The van der Waals surface area contributed by atoms with Gasteiger partial charge in [0.05, 0.1) is 0 Å². The van der Waals surface area contributed by atoms with E-state index in [1.54, 1.807) is 6.08 Å². The molecule has 2 aromatic carbocycles. The van der Waals surface area contributed by atoms with Gasteiger partial charge in [0.1, 0.15) is 4.32 Å². The van der Waals surface area contributed by atoms with E-state index < -0.39 is 0 Å². The number of rotatable bonds is 3. The van der Waals surface area contributed by atoms with E-state index in [1.165, 1.54) is 0 Å². The summed E-state index contributed by atoms with van der Waals surface area (Å²) >= 11 is 7.65. The number of carbonyl (C=O) groups is 1. The molecule has 0 aromatic heterocycles. The number of benzene rings is 2. The quantitative estimate of drug-likeness (QED) is 0.393. The van der Waals surface area contributed by atoms with Crippen LogP contribution in [0.5, 0.6) is 0 Å². The topological polar surface area (TPSA) is 43.1 Å². The number of hydrogen-bond acceptors (Lipinski definition) is 2. The Bertz CT molecular complexity index is 576. The van der Waals surface area contributed by atoms with Crippen LogP contribution in [0, 0.1) is 0 Å². The first-order valence-electron chi connectivity index (χ1n) is 5.90. The molecule has 4 heteroatoms. The molecule has 0 bridgehead atoms. The summed E-state index contributed by atoms with van der Waals surface area (Å²) in [4.78, 5) is 11.7. The fraction of sp³-hybridized carbons (Fsp3) is 0. The maximum absolute atomic E-state index is 11.7. The van der Waals surface area contributed by atoms with Gasteiger partial charge in [-0.2, -0.15) is 0 Å². The number of hydrogen-bond donors (Lipinski definition) is 2. The molecule has 0 fully saturated rings. The summed E-state index contributed by atoms with van der Waals surface area (Å²) < 4.78 is 0.194. The average molecular weight is 301 g/mol. The zero-order valence-corrected chi connectivity index (χ0v) is 12.5. The molecule has 0 aliphatic heterocycles. The lowest BCUT2D eigenvalue weighted by molar-refractivity contribution is 0.104. The first kappa shape index (κ1) is 16.1. The van der Waals surface area contributed by atoms with Crippen molar-refractivity contribution in [2.24, 2.45) is 5.73 Å². The Morgan fingerprint density at radius 1 is 1.00 bits per heavy atom. The standard InChI is InChI=1S/C15H12O.CH3NS2/c16-15(14-9-5-2-6-10-14)12-11-13-7-3-1-4-8-13;2-1(3)4/h1-12H;(H3,2,3,4). The van der Waals surface area contributed by atoms with Crippen LogP contribution in [-0.2, 0) is 0 Å². The highest BCUT2D eigenvalue weighted by molar-refractivity contribution is 8.10. The van der Waals surface area contributed by atoms with Gasteiger partial charge in [0.15, 0.2) is 5.78 Å². The fourth-order valence-corrected chi connectivity index (χ4v) is 1.43. The van der Waals surface area contributed by atoms with Gasteiger partial charge in [-0.25, -0.2) is 0 Å². The molecule has 0 saturated carbocycles. The number of carbonyl (C=O) groups excluding carboxylic acids is 1. The molecule has 20 heavy (non-hydrogen) atoms. The van der Waals surface area contributed by atoms with Crippen LogP contribution in [0.3, 0.4) is 0 Å². The van der Waals surface area contributed by atoms with Crippen LogP contribution in [0.4, 0.5) is 0 Å². The monoisotopic (exact) mass is 301 g/mol. The molecule has 0 spiro atoms. The average Bonchev–Trinajstić information content (AvgIpc) is 2.46. The zero-order valence-electron chi connectivity index (χ0n) is 10.8. The highest BCUT2D eigenvalue weighted by Crippen LogP contribution is 2.05. The van der Waals surface area contributed by atoms with Gasteiger partial charge in [-0.3, -0.25) is 4.79 Å². The van der Waals surface area contributed by atoms with Crippen LogP contribution in [0.1, 0.15) is 15.9 Å². The first-order chi connectivity index (χ1) is 9.59. The molecule has 102 valence electrons. The number of thiocarbonyl (C=S) groups is 1. The molecule has 0 unspecified atom stereocenters. The minimum atomic E-state index is 0.0319. The normalized spacial score (nSPS) is 9.65. The van der Waals surface area contributed by atoms with Crippen LogP contribution in [0.15, 0.2) is 66.7 Å². The maximum Gasteiger partial charge on any atom is 0.185 e. The molecule has 0 saturated heterocycles. The third-order valence-corrected chi connectivity index (χ3v) is 2.29. The Morgan fingerprint density at radius 2 is 1.45 bits per heavy atom. The van der Waals surface area contributed by atoms with E-state index in [4.69, 9.17) is 5.73 Å². The van der Waals surface area contributed by atoms with Gasteiger partial charge in [-0.05, 0) is 11.6 Å². The number of thiol groups is 1. The lowest BCUT2D eigenvalue weighted by Gasteiger charge is -1.94. The van der Waals surface area contributed by atoms with E-state index in [-0.39, 0.29) is 10.1 Å². The zero-order chi connectivity index (χ0) is 14.8. The predicted molar refractivity (Wildman–Crippen MR) is 92.0 cm³/mol. The molecular weight excluding hydrogens is 286 g/mol. The van der Waals surface area contributed by atoms with Crippen LogP contribution in [-0.4, -0.2) is 10.1 Å². The second kappa shape index (κ2) is 9.07. The van der Waals surface area contributed by atoms with Gasteiger partial charge in [0.25, 0.3) is 0 Å². The van der Waals surface area contributed by atoms with Gasteiger partial charge in [0.2, 0.25) is 0 Å². The lowest BCUT2D eigenvalue weighted by Crippen LogP contribution is -1.94. The fourth-order valence-electron chi connectivity index (χ4n) is 1.43. The Balaban J connectivity index is 0.000000444. The van der Waals surface area contributed by atoms with E-state index in [2.05, 4.69) is 24.8 Å². The summed E-state index contributed by atoms with van der Waals surface area (Å²) in [5, 5.41) is 0. The minimum absolute atomic E-state index is 0.0319. The molecular formula is C16H15NOS2. The number of nitrogens with two attached hydrogens (primary N) is 1. The van der Waals surface area contributed by atoms with Crippen molar-refractivity contribution in [3.8, 4) is 0 Å². The molecule has 0 radical (unpaired) electrons. The molecule has 0 aliphatic carbocycles. The summed E-state index contributed by atoms with van der Waals surface area (Å²) in [5.74, 6) is 0.0319. The van der Waals surface area contributed by atoms with Gasteiger partial charge in [-0.15, -0.1) is 12.6 Å². The van der Waals surface area contributed by atoms with Crippen LogP contribution < -0.4 is 5.73 Å². The van der Waals surface area contributed by atoms with Crippen molar-refractivity contribution >= 4 is 41.0 Å². The first-order valence-corrected chi connectivity index (χ1v) is 6.76. The SMILES string of the molecule is NC(=S)S.O=C(C=Cc1ccccc1)c1ccccc1. The summed E-state index contributed by atoms with van der Waals surface area (Å²) in [7, 11) is 0. The molecule has 2 aromatic rings. The van der Waals surface area contributed by atoms with Crippen LogP contribution in [0.2, 0.25) is 0 Å². The highest BCUT2D eigenvalue weighted by atomic mass is 32.1. The molecule has 0 amide bonds. The van der Waals surface area contributed by atoms with Crippen molar-refractivity contribution in [1.29, 1.82) is 0 Å². The van der Waals surface area contributed by atoms with E-state index in [1.807, 2.05) is 66.7 Å². The van der Waals surface area contributed by atoms with E-state index in [9.17, 15) is 4.79 Å². The second-order valence-electron chi connectivity index (χ2n) is 3.81. The molecule has 0 heterocycles. The number of allylic oxidation sites excluding steroid dienone is 1. The van der Waals surface area contributed by atoms with Crippen molar-refractivity contribution < 1.29 is 4.79 Å². The van der Waals surface area contributed by atoms with E-state index in [0.29, 0.717) is 0 Å². The van der Waals surface area contributed by atoms with Crippen LogP contribution >= 0.6 is 24.8 Å². The lowest BCUT2D eigenvalue weighted by atomic mass is 10.1. The Kier molecular flexibility index (Phi) is 7.32. The van der Waals surface area contributed by atoms with Gasteiger partial charge >= 0.3 is 0 Å². The molecule has 2 nitrogen and oxygen atoms in total. The Morgan fingerprint density at radius 3 is 1.95 bits per heavy atom. The smallest absolute Gasteiger partial charge is 0.185 e. The van der Waals surface area contributed by atoms with Gasteiger partial charge in [-0.1, -0.05) is 79.0 Å². The molecule has 2 rings (SSSR count). The summed E-state index contributed by atoms with van der Waals surface area (Å²) in [6.07, 6.45) is 3.43. The summed E-state index contributed by atoms with van der Waals surface area (Å²) in [6.45, 7) is 0. The highest BCUT2D eigenvalue weighted by Gasteiger charge is 1.98. The van der Waals surface area contributed by atoms with Crippen LogP contribution in [0.25, 0.3) is 6.08 Å². The van der Waals surface area contributed by atoms with Crippen molar-refractivity contribution in [2.75, 3.05) is 0 Å². The Hall–Kier alpha value is -1.91. The predicted octanol–water partition coefficient (Wildman–Crippen LogP) is 3.74. The largest absolute Gasteiger partial charge is 0.385 e. The van der Waals surface area contributed by atoms with Crippen molar-refractivity contribution in [2.45, 2.75) is 0 Å². The second-order valence-corrected chi connectivity index (χ2v) is 5.04. The Labute approximate surface area is 129 Å². The van der Waals surface area contributed by atoms with Crippen molar-refractivity contribution in [3.63, 3.8) is 0 Å². The third kappa shape index (κ3) is 6.87. The minimum Gasteiger partial charge on any atom is -0.385 e. The maximum atomic E-state index is 11.7. The third-order valence-electron chi connectivity index (χ3n) is 2.29. The van der Waals surface area contributed by atoms with Gasteiger partial charge < -0.3 is 5.73 Å². The number of ketones is 1. The van der Waals surface area contributed by atoms with Gasteiger partial charge in [0, 0.05) is 5.56 Å². The van der Waals surface area contributed by atoms with E-state index in [0.717, 1.165) is 11.1 Å². The van der Waals surface area contributed by atoms with Crippen molar-refractivity contribution in [1.82, 2.24) is 0 Å². The van der Waals surface area contributed by atoms with E-state index >= 15 is 0 Å². The molecule has 0 aliphatic rings.